The molecule has 0 radical (unpaired) electrons. The molecule has 1 aromatic carbocycles. The van der Waals surface area contributed by atoms with Crippen LogP contribution in [0.4, 0.5) is 5.69 Å². The van der Waals surface area contributed by atoms with Gasteiger partial charge in [-0.25, -0.2) is 0 Å². The molecule has 0 unspecified atom stereocenters. The number of thioether (sulfide) groups is 1. The number of guanidine groups is 1. The monoisotopic (exact) mass is 460 g/mol. The predicted molar refractivity (Wildman–Crippen MR) is 117 cm³/mol. The lowest BCUT2D eigenvalue weighted by Crippen LogP contribution is -2.43. The number of anilines is 1. The minimum absolute atomic E-state index is 0. The van der Waals surface area contributed by atoms with Crippen molar-refractivity contribution in [3.63, 3.8) is 0 Å². The summed E-state index contributed by atoms with van der Waals surface area (Å²) in [7, 11) is 2.19. The van der Waals surface area contributed by atoms with Crippen LogP contribution in [0.15, 0.2) is 23.2 Å². The number of halogens is 1. The van der Waals surface area contributed by atoms with Crippen molar-refractivity contribution in [2.75, 3.05) is 38.3 Å². The molecule has 1 aliphatic carbocycles. The number of nitrogens with two attached hydrogens (primary N) is 1. The van der Waals surface area contributed by atoms with Crippen LogP contribution in [0.5, 0.6) is 0 Å². The molecule has 134 valence electrons. The molecule has 1 aliphatic heterocycles. The summed E-state index contributed by atoms with van der Waals surface area (Å²) in [5, 5.41) is 3.27. The van der Waals surface area contributed by atoms with Crippen LogP contribution < -0.4 is 11.1 Å². The molecule has 0 atom stereocenters. The summed E-state index contributed by atoms with van der Waals surface area (Å²) in [6.45, 7) is 3.09. The first-order valence-corrected chi connectivity index (χ1v) is 9.75. The van der Waals surface area contributed by atoms with Gasteiger partial charge in [0.05, 0.1) is 6.54 Å². The highest BCUT2D eigenvalue weighted by molar-refractivity contribution is 14.0. The number of piperidine rings is 1. The Morgan fingerprint density at radius 2 is 2.00 bits per heavy atom. The molecule has 0 spiro atoms. The molecular weight excluding hydrogens is 431 g/mol. The Labute approximate surface area is 167 Å². The van der Waals surface area contributed by atoms with Gasteiger partial charge in [-0.15, -0.1) is 24.0 Å². The number of likely N-dealkylation sites (tertiary alicyclic amines) is 1. The van der Waals surface area contributed by atoms with Crippen LogP contribution in [-0.4, -0.2) is 48.5 Å². The van der Waals surface area contributed by atoms with Crippen molar-refractivity contribution in [2.24, 2.45) is 10.7 Å². The first kappa shape index (κ1) is 19.8. The summed E-state index contributed by atoms with van der Waals surface area (Å²) in [5.41, 5.74) is 10.1. The van der Waals surface area contributed by atoms with Crippen LogP contribution in [0.1, 0.15) is 30.4 Å². The van der Waals surface area contributed by atoms with Gasteiger partial charge in [0.2, 0.25) is 0 Å². The average Bonchev–Trinajstić information content (AvgIpc) is 3.02. The van der Waals surface area contributed by atoms with Crippen LogP contribution in [0, 0.1) is 0 Å². The van der Waals surface area contributed by atoms with E-state index in [4.69, 9.17) is 5.73 Å². The third-order valence-corrected chi connectivity index (χ3v) is 6.64. The van der Waals surface area contributed by atoms with Crippen molar-refractivity contribution < 1.29 is 0 Å². The van der Waals surface area contributed by atoms with Gasteiger partial charge in [0, 0.05) is 10.4 Å². The van der Waals surface area contributed by atoms with E-state index in [9.17, 15) is 0 Å². The second-order valence-corrected chi connectivity index (χ2v) is 8.13. The van der Waals surface area contributed by atoms with E-state index in [1.807, 2.05) is 11.8 Å². The summed E-state index contributed by atoms with van der Waals surface area (Å²) in [6.07, 6.45) is 8.23. The van der Waals surface area contributed by atoms with E-state index in [-0.39, 0.29) is 28.7 Å². The standard InChI is InChI=1S/C18H28N4S.HI/c1-22-10-8-18(23-2,9-11-22)13-20-17(19)21-16-7-6-14-4-3-5-15(14)12-16;/h6-7,12H,3-5,8-11,13H2,1-2H3,(H3,19,20,21);1H. The summed E-state index contributed by atoms with van der Waals surface area (Å²) in [4.78, 5) is 7.04. The van der Waals surface area contributed by atoms with Gasteiger partial charge in [-0.2, -0.15) is 11.8 Å². The zero-order valence-corrected chi connectivity index (χ0v) is 17.8. The van der Waals surface area contributed by atoms with E-state index in [1.54, 1.807) is 0 Å². The number of aliphatic imine (C=N–C) groups is 1. The maximum absolute atomic E-state index is 6.13. The fourth-order valence-electron chi connectivity index (χ4n) is 3.52. The Balaban J connectivity index is 0.00000208. The molecule has 3 N–H and O–H groups in total. The summed E-state index contributed by atoms with van der Waals surface area (Å²) in [6, 6.07) is 6.56. The molecule has 6 heteroatoms. The molecule has 0 amide bonds. The lowest BCUT2D eigenvalue weighted by Gasteiger charge is -2.38. The molecule has 24 heavy (non-hydrogen) atoms. The van der Waals surface area contributed by atoms with Gasteiger partial charge >= 0.3 is 0 Å². The van der Waals surface area contributed by atoms with Crippen LogP contribution in [-0.2, 0) is 12.8 Å². The number of rotatable bonds is 4. The number of hydrogen-bond acceptors (Lipinski definition) is 3. The Kier molecular flexibility index (Phi) is 7.24. The number of fused-ring (bicyclic) bond motifs is 1. The van der Waals surface area contributed by atoms with E-state index in [2.05, 4.69) is 46.7 Å². The van der Waals surface area contributed by atoms with Gasteiger partial charge in [0.1, 0.15) is 0 Å². The third-order valence-electron chi connectivity index (χ3n) is 5.24. The number of nitrogens with zero attached hydrogens (tertiary/aromatic N) is 2. The fourth-order valence-corrected chi connectivity index (χ4v) is 4.30. The Morgan fingerprint density at radius 1 is 1.29 bits per heavy atom. The highest BCUT2D eigenvalue weighted by Crippen LogP contribution is 2.34. The Bertz CT molecular complexity index is 582. The molecule has 4 nitrogen and oxygen atoms in total. The van der Waals surface area contributed by atoms with Crippen molar-refractivity contribution in [3.05, 3.63) is 29.3 Å². The molecule has 3 rings (SSSR count). The van der Waals surface area contributed by atoms with Crippen LogP contribution in [0.2, 0.25) is 0 Å². The molecule has 1 heterocycles. The van der Waals surface area contributed by atoms with Crippen molar-refractivity contribution in [2.45, 2.75) is 36.9 Å². The SMILES string of the molecule is CSC1(CN=C(N)Nc2ccc3c(c2)CCC3)CCN(C)CC1.I. The number of aryl methyl sites for hydroxylation is 2. The second kappa shape index (κ2) is 8.76. The van der Waals surface area contributed by atoms with Gasteiger partial charge in [-0.1, -0.05) is 6.07 Å². The van der Waals surface area contributed by atoms with E-state index in [1.165, 1.54) is 43.2 Å². The maximum Gasteiger partial charge on any atom is 0.193 e. The average molecular weight is 460 g/mol. The third kappa shape index (κ3) is 4.79. The first-order chi connectivity index (χ1) is 11.1. The predicted octanol–water partition coefficient (Wildman–Crippen LogP) is 3.35. The van der Waals surface area contributed by atoms with Crippen molar-refractivity contribution >= 4 is 47.4 Å². The summed E-state index contributed by atoms with van der Waals surface area (Å²) >= 11 is 1.94. The molecule has 0 saturated carbocycles. The normalized spacial score (nSPS) is 20.3. The van der Waals surface area contributed by atoms with Gasteiger partial charge in [-0.3, -0.25) is 4.99 Å². The van der Waals surface area contributed by atoms with Crippen molar-refractivity contribution in [1.82, 2.24) is 4.90 Å². The van der Waals surface area contributed by atoms with Gasteiger partial charge in [-0.05, 0) is 81.8 Å². The van der Waals surface area contributed by atoms with Crippen molar-refractivity contribution in [1.29, 1.82) is 0 Å². The van der Waals surface area contributed by atoms with Crippen LogP contribution in [0.25, 0.3) is 0 Å². The molecule has 0 aromatic heterocycles. The van der Waals surface area contributed by atoms with Crippen LogP contribution >= 0.6 is 35.7 Å². The molecular formula is C18H29IN4S. The smallest absolute Gasteiger partial charge is 0.193 e. The Morgan fingerprint density at radius 3 is 2.71 bits per heavy atom. The molecule has 1 aromatic rings. The largest absolute Gasteiger partial charge is 0.370 e. The second-order valence-electron chi connectivity index (χ2n) is 6.85. The fraction of sp³-hybridized carbons (Fsp3) is 0.611. The summed E-state index contributed by atoms with van der Waals surface area (Å²) < 4.78 is 0.247. The zero-order valence-electron chi connectivity index (χ0n) is 14.7. The molecule has 1 saturated heterocycles. The van der Waals surface area contributed by atoms with E-state index in [0.29, 0.717) is 5.96 Å². The molecule has 2 aliphatic rings. The lowest BCUT2D eigenvalue weighted by molar-refractivity contribution is 0.242. The first-order valence-electron chi connectivity index (χ1n) is 8.53. The number of nitrogens with one attached hydrogen (secondary N) is 1. The van der Waals surface area contributed by atoms with Crippen LogP contribution in [0.3, 0.4) is 0 Å². The topological polar surface area (TPSA) is 53.6 Å². The van der Waals surface area contributed by atoms with Crippen molar-refractivity contribution in [3.8, 4) is 0 Å². The van der Waals surface area contributed by atoms with Gasteiger partial charge in [0.15, 0.2) is 5.96 Å². The highest BCUT2D eigenvalue weighted by Gasteiger charge is 2.32. The lowest BCUT2D eigenvalue weighted by atomic mass is 9.96. The van der Waals surface area contributed by atoms with Gasteiger partial charge in [0.25, 0.3) is 0 Å². The highest BCUT2D eigenvalue weighted by atomic mass is 127. The van der Waals surface area contributed by atoms with E-state index >= 15 is 0 Å². The molecule has 0 bridgehead atoms. The quantitative estimate of drug-likeness (QED) is 0.411. The minimum atomic E-state index is 0. The molecule has 1 fully saturated rings. The number of hydrogen-bond donors (Lipinski definition) is 2. The minimum Gasteiger partial charge on any atom is -0.370 e. The zero-order chi connectivity index (χ0) is 16.3. The maximum atomic E-state index is 6.13. The number of benzene rings is 1. The Hall–Kier alpha value is -0.470. The van der Waals surface area contributed by atoms with Gasteiger partial charge < -0.3 is 16.0 Å². The van der Waals surface area contributed by atoms with E-state index < -0.39 is 0 Å². The summed E-state index contributed by atoms with van der Waals surface area (Å²) in [5.74, 6) is 0.537. The van der Waals surface area contributed by atoms with E-state index in [0.717, 1.165) is 25.3 Å².